The Hall–Kier alpha value is -4.13. The van der Waals surface area contributed by atoms with Crippen molar-refractivity contribution in [3.05, 3.63) is 100 Å². The molecule has 2 amide bonds. The SMILES string of the molecule is COc1cccc(Cn2c(NC(=O)NCc3ccccc3)c3ccccc3nc2=O)c1. The molecule has 0 spiro atoms. The van der Waals surface area contributed by atoms with Gasteiger partial charge in [0, 0.05) is 11.9 Å². The normalized spacial score (nSPS) is 10.6. The fourth-order valence-electron chi connectivity index (χ4n) is 3.34. The lowest BCUT2D eigenvalue weighted by molar-refractivity contribution is 0.251. The van der Waals surface area contributed by atoms with Gasteiger partial charge in [0.25, 0.3) is 0 Å². The van der Waals surface area contributed by atoms with Gasteiger partial charge in [-0.3, -0.25) is 9.88 Å². The summed E-state index contributed by atoms with van der Waals surface area (Å²) in [6.07, 6.45) is 0. The van der Waals surface area contributed by atoms with Crippen molar-refractivity contribution in [3.8, 4) is 5.75 Å². The number of rotatable bonds is 6. The Bertz CT molecular complexity index is 1270. The number of methoxy groups -OCH3 is 1. The van der Waals surface area contributed by atoms with Gasteiger partial charge < -0.3 is 10.1 Å². The maximum absolute atomic E-state index is 12.8. The highest BCUT2D eigenvalue weighted by atomic mass is 16.5. The molecule has 3 aromatic carbocycles. The number of nitrogens with one attached hydrogen (secondary N) is 2. The van der Waals surface area contributed by atoms with Gasteiger partial charge in [-0.25, -0.2) is 9.59 Å². The van der Waals surface area contributed by atoms with Crippen molar-refractivity contribution in [2.75, 3.05) is 12.4 Å². The summed E-state index contributed by atoms with van der Waals surface area (Å²) in [6.45, 7) is 0.609. The average molecular weight is 414 g/mol. The summed E-state index contributed by atoms with van der Waals surface area (Å²) in [5, 5.41) is 6.37. The first-order valence-electron chi connectivity index (χ1n) is 9.85. The molecule has 156 valence electrons. The highest BCUT2D eigenvalue weighted by molar-refractivity contribution is 5.98. The molecule has 0 aliphatic carbocycles. The van der Waals surface area contributed by atoms with E-state index in [9.17, 15) is 9.59 Å². The van der Waals surface area contributed by atoms with Gasteiger partial charge in [0.05, 0.1) is 19.2 Å². The number of ether oxygens (including phenoxy) is 1. The number of benzene rings is 3. The van der Waals surface area contributed by atoms with E-state index >= 15 is 0 Å². The molecule has 0 saturated heterocycles. The summed E-state index contributed by atoms with van der Waals surface area (Å²) in [7, 11) is 1.59. The maximum atomic E-state index is 12.8. The number of carbonyl (C=O) groups is 1. The molecule has 1 aromatic heterocycles. The first kappa shape index (κ1) is 20.2. The highest BCUT2D eigenvalue weighted by Crippen LogP contribution is 2.22. The number of nitrogens with zero attached hydrogens (tertiary/aromatic N) is 2. The number of hydrogen-bond donors (Lipinski definition) is 2. The van der Waals surface area contributed by atoms with E-state index in [1.807, 2.05) is 66.7 Å². The summed E-state index contributed by atoms with van der Waals surface area (Å²) in [4.78, 5) is 29.7. The Morgan fingerprint density at radius 1 is 0.968 bits per heavy atom. The van der Waals surface area contributed by atoms with Crippen LogP contribution in [0.1, 0.15) is 11.1 Å². The van der Waals surface area contributed by atoms with E-state index in [1.165, 1.54) is 4.57 Å². The number of fused-ring (bicyclic) bond motifs is 1. The number of aromatic nitrogens is 2. The second-order valence-electron chi connectivity index (χ2n) is 6.99. The Morgan fingerprint density at radius 2 is 1.71 bits per heavy atom. The van der Waals surface area contributed by atoms with E-state index < -0.39 is 11.7 Å². The monoisotopic (exact) mass is 414 g/mol. The number of carbonyl (C=O) groups excluding carboxylic acids is 1. The van der Waals surface area contributed by atoms with E-state index in [2.05, 4.69) is 15.6 Å². The lowest BCUT2D eigenvalue weighted by atomic mass is 10.2. The topological polar surface area (TPSA) is 85.2 Å². The fraction of sp³-hybridized carbons (Fsp3) is 0.125. The molecule has 4 aromatic rings. The van der Waals surface area contributed by atoms with Crippen molar-refractivity contribution in [1.29, 1.82) is 0 Å². The minimum atomic E-state index is -0.445. The first-order valence-corrected chi connectivity index (χ1v) is 9.85. The Morgan fingerprint density at radius 3 is 2.52 bits per heavy atom. The lowest BCUT2D eigenvalue weighted by Gasteiger charge is -2.16. The largest absolute Gasteiger partial charge is 0.497 e. The number of hydrogen-bond acceptors (Lipinski definition) is 4. The van der Waals surface area contributed by atoms with Gasteiger partial charge in [-0.1, -0.05) is 54.6 Å². The predicted molar refractivity (Wildman–Crippen MR) is 120 cm³/mol. The first-order chi connectivity index (χ1) is 15.1. The van der Waals surface area contributed by atoms with Crippen LogP contribution < -0.4 is 21.1 Å². The molecule has 2 N–H and O–H groups in total. The summed E-state index contributed by atoms with van der Waals surface area (Å²) in [6, 6.07) is 23.9. The minimum Gasteiger partial charge on any atom is -0.497 e. The van der Waals surface area contributed by atoms with Crippen LogP contribution >= 0.6 is 0 Å². The summed E-state index contributed by atoms with van der Waals surface area (Å²) >= 11 is 0. The van der Waals surface area contributed by atoms with Crippen LogP contribution in [-0.4, -0.2) is 22.7 Å². The average Bonchev–Trinajstić information content (AvgIpc) is 2.80. The maximum Gasteiger partial charge on any atom is 0.350 e. The molecule has 0 unspecified atom stereocenters. The molecule has 0 saturated carbocycles. The van der Waals surface area contributed by atoms with Crippen LogP contribution in [0.15, 0.2) is 83.7 Å². The smallest absolute Gasteiger partial charge is 0.350 e. The van der Waals surface area contributed by atoms with Crippen molar-refractivity contribution in [2.24, 2.45) is 0 Å². The number of para-hydroxylation sites is 1. The molecule has 7 nitrogen and oxygen atoms in total. The third-order valence-corrected chi connectivity index (χ3v) is 4.88. The summed E-state index contributed by atoms with van der Waals surface area (Å²) in [5.74, 6) is 1.08. The molecule has 31 heavy (non-hydrogen) atoms. The molecular weight excluding hydrogens is 392 g/mol. The second-order valence-corrected chi connectivity index (χ2v) is 6.99. The lowest BCUT2D eigenvalue weighted by Crippen LogP contribution is -2.33. The fourth-order valence-corrected chi connectivity index (χ4v) is 3.34. The summed E-state index contributed by atoms with van der Waals surface area (Å²) < 4.78 is 6.74. The van der Waals surface area contributed by atoms with Gasteiger partial charge >= 0.3 is 11.7 Å². The zero-order chi connectivity index (χ0) is 21.6. The Kier molecular flexibility index (Phi) is 5.93. The van der Waals surface area contributed by atoms with Crippen molar-refractivity contribution in [2.45, 2.75) is 13.1 Å². The molecule has 0 atom stereocenters. The van der Waals surface area contributed by atoms with Crippen molar-refractivity contribution >= 4 is 22.8 Å². The third-order valence-electron chi connectivity index (χ3n) is 4.88. The molecule has 4 rings (SSSR count). The Labute approximate surface area is 179 Å². The van der Waals surface area contributed by atoms with Gasteiger partial charge in [-0.15, -0.1) is 0 Å². The van der Waals surface area contributed by atoms with E-state index in [1.54, 1.807) is 19.2 Å². The molecule has 0 fully saturated rings. The number of amides is 2. The quantitative estimate of drug-likeness (QED) is 0.503. The Balaban J connectivity index is 1.67. The van der Waals surface area contributed by atoms with Gasteiger partial charge in [-0.2, -0.15) is 4.98 Å². The van der Waals surface area contributed by atoms with E-state index in [4.69, 9.17) is 4.74 Å². The second kappa shape index (κ2) is 9.13. The number of urea groups is 1. The van der Waals surface area contributed by atoms with Crippen molar-refractivity contribution < 1.29 is 9.53 Å². The van der Waals surface area contributed by atoms with Gasteiger partial charge in [0.1, 0.15) is 11.6 Å². The van der Waals surface area contributed by atoms with Crippen molar-refractivity contribution in [1.82, 2.24) is 14.9 Å². The zero-order valence-electron chi connectivity index (χ0n) is 17.0. The summed E-state index contributed by atoms with van der Waals surface area (Å²) in [5.41, 5.74) is 1.91. The third kappa shape index (κ3) is 4.72. The van der Waals surface area contributed by atoms with Gasteiger partial charge in [0.15, 0.2) is 0 Å². The van der Waals surface area contributed by atoms with Crippen LogP contribution in [0.2, 0.25) is 0 Å². The predicted octanol–water partition coefficient (Wildman–Crippen LogP) is 3.78. The van der Waals surface area contributed by atoms with Crippen LogP contribution in [0.5, 0.6) is 5.75 Å². The zero-order valence-corrected chi connectivity index (χ0v) is 17.0. The van der Waals surface area contributed by atoms with Crippen LogP contribution in [0.4, 0.5) is 10.6 Å². The highest BCUT2D eigenvalue weighted by Gasteiger charge is 2.14. The van der Waals surface area contributed by atoms with E-state index in [0.717, 1.165) is 11.1 Å². The number of anilines is 1. The van der Waals surface area contributed by atoms with Crippen LogP contribution in [0.25, 0.3) is 10.9 Å². The minimum absolute atomic E-state index is 0.238. The molecule has 0 aliphatic heterocycles. The standard InChI is InChI=1S/C24H22N4O3/c1-31-19-11-7-10-18(14-19)16-28-22(20-12-5-6-13-21(20)26-24(28)30)27-23(29)25-15-17-8-3-2-4-9-17/h2-14H,15-16H2,1H3,(H2,25,27,29). The van der Waals surface area contributed by atoms with Crippen LogP contribution in [-0.2, 0) is 13.1 Å². The molecule has 7 heteroatoms. The molecule has 0 aliphatic rings. The van der Waals surface area contributed by atoms with Gasteiger partial charge in [0.2, 0.25) is 0 Å². The molecule has 0 radical (unpaired) electrons. The van der Waals surface area contributed by atoms with E-state index in [0.29, 0.717) is 29.0 Å². The molecule has 1 heterocycles. The van der Waals surface area contributed by atoms with Crippen LogP contribution in [0, 0.1) is 0 Å². The van der Waals surface area contributed by atoms with Crippen LogP contribution in [0.3, 0.4) is 0 Å². The van der Waals surface area contributed by atoms with Gasteiger partial charge in [-0.05, 0) is 35.4 Å². The van der Waals surface area contributed by atoms with Crippen molar-refractivity contribution in [3.63, 3.8) is 0 Å². The molecular formula is C24H22N4O3. The molecule has 0 bridgehead atoms. The van der Waals surface area contributed by atoms with E-state index in [-0.39, 0.29) is 6.54 Å².